The van der Waals surface area contributed by atoms with Gasteiger partial charge in [0.1, 0.15) is 0 Å². The molecule has 1 unspecified atom stereocenters. The summed E-state index contributed by atoms with van der Waals surface area (Å²) in [5.41, 5.74) is 7.03. The predicted molar refractivity (Wildman–Crippen MR) is 60.0 cm³/mol. The van der Waals surface area contributed by atoms with Gasteiger partial charge in [-0.2, -0.15) is 5.10 Å². The number of hydrogen-bond donors (Lipinski definition) is 1. The van der Waals surface area contributed by atoms with Gasteiger partial charge in [0.25, 0.3) is 0 Å². The summed E-state index contributed by atoms with van der Waals surface area (Å²) in [6.07, 6.45) is 0.255. The molecule has 0 aliphatic heterocycles. The van der Waals surface area contributed by atoms with Gasteiger partial charge in [-0.15, -0.1) is 0 Å². The molecule has 5 heteroatoms. The predicted octanol–water partition coefficient (Wildman–Crippen LogP) is 1.32. The zero-order chi connectivity index (χ0) is 11.6. The van der Waals surface area contributed by atoms with Gasteiger partial charge in [-0.1, -0.05) is 11.6 Å². The van der Waals surface area contributed by atoms with E-state index in [4.69, 9.17) is 17.3 Å². The van der Waals surface area contributed by atoms with Crippen LogP contribution in [0.3, 0.4) is 0 Å². The Morgan fingerprint density at radius 1 is 1.67 bits per heavy atom. The summed E-state index contributed by atoms with van der Waals surface area (Å²) < 4.78 is 1.75. The molecule has 0 spiro atoms. The van der Waals surface area contributed by atoms with E-state index in [0.717, 1.165) is 11.4 Å². The largest absolute Gasteiger partial charge is 0.322 e. The van der Waals surface area contributed by atoms with E-state index in [9.17, 15) is 4.79 Å². The van der Waals surface area contributed by atoms with E-state index >= 15 is 0 Å². The Labute approximate surface area is 94.4 Å². The highest BCUT2D eigenvalue weighted by atomic mass is 35.5. The number of carbonyl (C=O) groups is 1. The lowest BCUT2D eigenvalue weighted by Crippen LogP contribution is -2.29. The number of carbonyl (C=O) groups excluding carboxylic acids is 1. The molecule has 1 rings (SSSR count). The van der Waals surface area contributed by atoms with Gasteiger partial charge in [0.15, 0.2) is 5.78 Å². The van der Waals surface area contributed by atoms with Crippen molar-refractivity contribution in [2.45, 2.75) is 39.8 Å². The van der Waals surface area contributed by atoms with E-state index in [0.29, 0.717) is 11.6 Å². The van der Waals surface area contributed by atoms with Crippen molar-refractivity contribution in [3.05, 3.63) is 16.4 Å². The van der Waals surface area contributed by atoms with Gasteiger partial charge in [0.05, 0.1) is 28.9 Å². The first kappa shape index (κ1) is 12.2. The number of hydrogen-bond acceptors (Lipinski definition) is 3. The molecule has 1 heterocycles. The third-order valence-electron chi connectivity index (χ3n) is 2.30. The standard InChI is InChI=1S/C10H16ClN3O/c1-4-14-8(5-9(15)6(2)12)10(11)7(3)13-14/h6H,4-5,12H2,1-3H3. The van der Waals surface area contributed by atoms with Gasteiger partial charge >= 0.3 is 0 Å². The number of rotatable bonds is 4. The minimum Gasteiger partial charge on any atom is -0.322 e. The molecule has 84 valence electrons. The summed E-state index contributed by atoms with van der Waals surface area (Å²) >= 11 is 6.07. The smallest absolute Gasteiger partial charge is 0.155 e. The van der Waals surface area contributed by atoms with E-state index in [1.54, 1.807) is 11.6 Å². The van der Waals surface area contributed by atoms with E-state index in [1.165, 1.54) is 0 Å². The molecular weight excluding hydrogens is 214 g/mol. The first-order chi connectivity index (χ1) is 6.97. The van der Waals surface area contributed by atoms with Crippen LogP contribution in [-0.4, -0.2) is 21.6 Å². The van der Waals surface area contributed by atoms with Crippen LogP contribution in [0.2, 0.25) is 5.02 Å². The second-order valence-electron chi connectivity index (χ2n) is 3.59. The molecule has 2 N–H and O–H groups in total. The molecule has 0 radical (unpaired) electrons. The van der Waals surface area contributed by atoms with Crippen molar-refractivity contribution in [2.24, 2.45) is 5.73 Å². The van der Waals surface area contributed by atoms with E-state index in [2.05, 4.69) is 5.10 Å². The number of nitrogens with zero attached hydrogens (tertiary/aromatic N) is 2. The van der Waals surface area contributed by atoms with E-state index in [1.807, 2.05) is 13.8 Å². The molecule has 0 aliphatic rings. The van der Waals surface area contributed by atoms with E-state index < -0.39 is 6.04 Å². The monoisotopic (exact) mass is 229 g/mol. The third-order valence-corrected chi connectivity index (χ3v) is 2.79. The van der Waals surface area contributed by atoms with Crippen LogP contribution >= 0.6 is 11.6 Å². The number of aryl methyl sites for hydroxylation is 2. The van der Waals surface area contributed by atoms with Gasteiger partial charge in [-0.3, -0.25) is 9.48 Å². The van der Waals surface area contributed by atoms with Crippen molar-refractivity contribution in [1.29, 1.82) is 0 Å². The maximum absolute atomic E-state index is 11.5. The minimum absolute atomic E-state index is 0.0218. The highest BCUT2D eigenvalue weighted by molar-refractivity contribution is 6.32. The average molecular weight is 230 g/mol. The van der Waals surface area contributed by atoms with Crippen molar-refractivity contribution in [3.63, 3.8) is 0 Å². The average Bonchev–Trinajstić information content (AvgIpc) is 2.45. The summed E-state index contributed by atoms with van der Waals surface area (Å²) in [4.78, 5) is 11.5. The van der Waals surface area contributed by atoms with E-state index in [-0.39, 0.29) is 12.2 Å². The van der Waals surface area contributed by atoms with Crippen molar-refractivity contribution in [3.8, 4) is 0 Å². The lowest BCUT2D eigenvalue weighted by atomic mass is 10.1. The van der Waals surface area contributed by atoms with Crippen molar-refractivity contribution in [2.75, 3.05) is 0 Å². The zero-order valence-corrected chi connectivity index (χ0v) is 10.0. The molecule has 0 fully saturated rings. The Bertz CT molecular complexity index is 371. The molecule has 0 bridgehead atoms. The van der Waals surface area contributed by atoms with Crippen LogP contribution in [-0.2, 0) is 17.8 Å². The second kappa shape index (κ2) is 4.77. The van der Waals surface area contributed by atoms with Gasteiger partial charge in [0.2, 0.25) is 0 Å². The number of Topliss-reactive ketones (excluding diaryl/α,β-unsaturated/α-hetero) is 1. The lowest BCUT2D eigenvalue weighted by Gasteiger charge is -2.06. The molecule has 0 aromatic carbocycles. The van der Waals surface area contributed by atoms with Crippen LogP contribution in [0, 0.1) is 6.92 Å². The Morgan fingerprint density at radius 3 is 2.73 bits per heavy atom. The molecule has 4 nitrogen and oxygen atoms in total. The maximum Gasteiger partial charge on any atom is 0.155 e. The first-order valence-corrected chi connectivity index (χ1v) is 5.35. The van der Waals surface area contributed by atoms with Gasteiger partial charge in [-0.05, 0) is 20.8 Å². The van der Waals surface area contributed by atoms with Crippen molar-refractivity contribution in [1.82, 2.24) is 9.78 Å². The topological polar surface area (TPSA) is 60.9 Å². The quantitative estimate of drug-likeness (QED) is 0.847. The summed E-state index contributed by atoms with van der Waals surface area (Å²) in [5, 5.41) is 4.81. The highest BCUT2D eigenvalue weighted by Gasteiger charge is 2.17. The van der Waals surface area contributed by atoms with Crippen LogP contribution in [0.5, 0.6) is 0 Å². The molecule has 1 aromatic heterocycles. The minimum atomic E-state index is -0.457. The molecule has 0 saturated carbocycles. The molecule has 1 atom stereocenters. The third kappa shape index (κ3) is 2.58. The summed E-state index contributed by atoms with van der Waals surface area (Å²) in [6.45, 7) is 6.17. The van der Waals surface area contributed by atoms with Crippen LogP contribution < -0.4 is 5.73 Å². The number of aromatic nitrogens is 2. The first-order valence-electron chi connectivity index (χ1n) is 4.97. The zero-order valence-electron chi connectivity index (χ0n) is 9.25. The fourth-order valence-electron chi connectivity index (χ4n) is 1.36. The van der Waals surface area contributed by atoms with Crippen LogP contribution in [0.1, 0.15) is 25.2 Å². The molecule has 0 saturated heterocycles. The van der Waals surface area contributed by atoms with Gasteiger partial charge in [0, 0.05) is 6.54 Å². The Kier molecular flexibility index (Phi) is 3.88. The Morgan fingerprint density at radius 2 is 2.27 bits per heavy atom. The van der Waals surface area contributed by atoms with Crippen LogP contribution in [0.15, 0.2) is 0 Å². The van der Waals surface area contributed by atoms with Crippen LogP contribution in [0.25, 0.3) is 0 Å². The maximum atomic E-state index is 11.5. The summed E-state index contributed by atoms with van der Waals surface area (Å²) in [7, 11) is 0. The number of nitrogens with two attached hydrogens (primary N) is 1. The van der Waals surface area contributed by atoms with Crippen LogP contribution in [0.4, 0.5) is 0 Å². The molecule has 0 amide bonds. The van der Waals surface area contributed by atoms with Crippen molar-refractivity contribution < 1.29 is 4.79 Å². The lowest BCUT2D eigenvalue weighted by molar-refractivity contribution is -0.119. The van der Waals surface area contributed by atoms with Gasteiger partial charge < -0.3 is 5.73 Å². The number of halogens is 1. The summed E-state index contributed by atoms with van der Waals surface area (Å²) in [6, 6.07) is -0.457. The molecule has 15 heavy (non-hydrogen) atoms. The highest BCUT2D eigenvalue weighted by Crippen LogP contribution is 2.21. The fraction of sp³-hybridized carbons (Fsp3) is 0.600. The van der Waals surface area contributed by atoms with Gasteiger partial charge in [-0.25, -0.2) is 0 Å². The molecule has 0 aliphatic carbocycles. The number of ketones is 1. The second-order valence-corrected chi connectivity index (χ2v) is 3.97. The SMILES string of the molecule is CCn1nc(C)c(Cl)c1CC(=O)C(C)N. The Hall–Kier alpha value is -0.870. The molecule has 1 aromatic rings. The molecular formula is C10H16ClN3O. The summed E-state index contributed by atoms with van der Waals surface area (Å²) in [5.74, 6) is -0.0218. The Balaban J connectivity index is 2.97. The van der Waals surface area contributed by atoms with Crippen molar-refractivity contribution >= 4 is 17.4 Å². The normalized spacial score (nSPS) is 12.9. The fourth-order valence-corrected chi connectivity index (χ4v) is 1.57.